The molecule has 0 radical (unpaired) electrons. The average molecular weight is 337 g/mol. The number of carbonyl (C=O) groups excluding carboxylic acids is 2. The molecule has 2 heterocycles. The molecule has 134 valence electrons. The molecule has 0 aliphatic carbocycles. The first-order chi connectivity index (χ1) is 11.3. The molecule has 0 N–H and O–H groups in total. The number of esters is 1. The molecular weight excluding hydrogens is 310 g/mol. The number of carbonyl (C=O) groups is 2. The van der Waals surface area contributed by atoms with E-state index in [1.165, 1.54) is 6.20 Å². The Morgan fingerprint density at radius 2 is 1.96 bits per heavy atom. The second kappa shape index (κ2) is 7.68. The van der Waals surface area contributed by atoms with Crippen molar-refractivity contribution in [2.24, 2.45) is 5.92 Å². The van der Waals surface area contributed by atoms with Gasteiger partial charge in [0.05, 0.1) is 18.4 Å². The summed E-state index contributed by atoms with van der Waals surface area (Å²) in [6, 6.07) is 0. The zero-order chi connectivity index (χ0) is 17.7. The summed E-state index contributed by atoms with van der Waals surface area (Å²) in [7, 11) is 0. The summed E-state index contributed by atoms with van der Waals surface area (Å²) >= 11 is 0. The van der Waals surface area contributed by atoms with E-state index < -0.39 is 5.60 Å². The van der Waals surface area contributed by atoms with Crippen molar-refractivity contribution in [1.29, 1.82) is 0 Å². The summed E-state index contributed by atoms with van der Waals surface area (Å²) in [5.74, 6) is 0.0853. The van der Waals surface area contributed by atoms with Crippen molar-refractivity contribution in [2.75, 3.05) is 19.7 Å². The second-order valence-electron chi connectivity index (χ2n) is 7.08. The average Bonchev–Trinajstić information content (AvgIpc) is 2.95. The maximum Gasteiger partial charge on any atom is 0.410 e. The molecule has 1 saturated heterocycles. The molecule has 1 aromatic rings. The molecule has 0 unspecified atom stereocenters. The highest BCUT2D eigenvalue weighted by Crippen LogP contribution is 2.21. The van der Waals surface area contributed by atoms with E-state index in [0.29, 0.717) is 31.2 Å². The smallest absolute Gasteiger partial charge is 0.410 e. The summed E-state index contributed by atoms with van der Waals surface area (Å²) in [4.78, 5) is 25.5. The SMILES string of the molecule is CCOC(=O)c1cnn(CC2CCN(C(=O)OC(C)(C)C)CC2)c1. The highest BCUT2D eigenvalue weighted by atomic mass is 16.6. The van der Waals surface area contributed by atoms with E-state index in [9.17, 15) is 9.59 Å². The number of aromatic nitrogens is 2. The van der Waals surface area contributed by atoms with E-state index in [1.807, 2.05) is 20.8 Å². The van der Waals surface area contributed by atoms with Crippen molar-refractivity contribution >= 4 is 12.1 Å². The normalized spacial score (nSPS) is 16.1. The molecule has 7 nitrogen and oxygen atoms in total. The molecule has 1 fully saturated rings. The lowest BCUT2D eigenvalue weighted by atomic mass is 9.97. The fourth-order valence-corrected chi connectivity index (χ4v) is 2.67. The van der Waals surface area contributed by atoms with Gasteiger partial charge in [-0.1, -0.05) is 0 Å². The third kappa shape index (κ3) is 5.25. The van der Waals surface area contributed by atoms with Gasteiger partial charge in [0.15, 0.2) is 0 Å². The van der Waals surface area contributed by atoms with Crippen LogP contribution in [0, 0.1) is 5.92 Å². The quantitative estimate of drug-likeness (QED) is 0.790. The van der Waals surface area contributed by atoms with Crippen molar-refractivity contribution in [3.8, 4) is 0 Å². The van der Waals surface area contributed by atoms with E-state index in [-0.39, 0.29) is 12.1 Å². The van der Waals surface area contributed by atoms with Crippen LogP contribution in [-0.2, 0) is 16.0 Å². The summed E-state index contributed by atoms with van der Waals surface area (Å²) < 4.78 is 12.1. The van der Waals surface area contributed by atoms with E-state index in [0.717, 1.165) is 19.4 Å². The lowest BCUT2D eigenvalue weighted by molar-refractivity contribution is 0.0176. The van der Waals surface area contributed by atoms with Crippen LogP contribution in [0.4, 0.5) is 4.79 Å². The van der Waals surface area contributed by atoms with Gasteiger partial charge < -0.3 is 14.4 Å². The summed E-state index contributed by atoms with van der Waals surface area (Å²) in [5.41, 5.74) is 0.00926. The first-order valence-corrected chi connectivity index (χ1v) is 8.46. The summed E-state index contributed by atoms with van der Waals surface area (Å²) in [6.07, 6.45) is 4.80. The second-order valence-corrected chi connectivity index (χ2v) is 7.08. The molecule has 0 bridgehead atoms. The minimum absolute atomic E-state index is 0.246. The van der Waals surface area contributed by atoms with Gasteiger partial charge in [-0.25, -0.2) is 9.59 Å². The van der Waals surface area contributed by atoms with E-state index >= 15 is 0 Å². The van der Waals surface area contributed by atoms with Crippen LogP contribution in [0.25, 0.3) is 0 Å². The molecule has 0 saturated carbocycles. The number of piperidine rings is 1. The number of nitrogens with zero attached hydrogens (tertiary/aromatic N) is 3. The fraction of sp³-hybridized carbons (Fsp3) is 0.706. The highest BCUT2D eigenvalue weighted by molar-refractivity contribution is 5.88. The minimum atomic E-state index is -0.466. The van der Waals surface area contributed by atoms with Crippen molar-refractivity contribution < 1.29 is 19.1 Å². The lowest BCUT2D eigenvalue weighted by Gasteiger charge is -2.33. The van der Waals surface area contributed by atoms with Gasteiger partial charge in [0.1, 0.15) is 5.60 Å². The van der Waals surface area contributed by atoms with Gasteiger partial charge in [-0.05, 0) is 46.5 Å². The number of hydrogen-bond acceptors (Lipinski definition) is 5. The highest BCUT2D eigenvalue weighted by Gasteiger charge is 2.27. The molecule has 1 aliphatic rings. The van der Waals surface area contributed by atoms with Gasteiger partial charge >= 0.3 is 12.1 Å². The Bertz CT molecular complexity index is 569. The fourth-order valence-electron chi connectivity index (χ4n) is 2.67. The Labute approximate surface area is 142 Å². The Kier molecular flexibility index (Phi) is 5.85. The van der Waals surface area contributed by atoms with Crippen molar-refractivity contribution in [3.05, 3.63) is 18.0 Å². The van der Waals surface area contributed by atoms with E-state index in [2.05, 4.69) is 5.10 Å². The molecule has 0 atom stereocenters. The molecule has 0 aromatic carbocycles. The number of rotatable bonds is 4. The number of ether oxygens (including phenoxy) is 2. The van der Waals surface area contributed by atoms with Gasteiger partial charge in [0.25, 0.3) is 0 Å². The predicted octanol–water partition coefficient (Wildman–Crippen LogP) is 2.71. The zero-order valence-corrected chi connectivity index (χ0v) is 14.9. The van der Waals surface area contributed by atoms with Crippen LogP contribution < -0.4 is 0 Å². The molecule has 24 heavy (non-hydrogen) atoms. The number of amides is 1. The van der Waals surface area contributed by atoms with E-state index in [1.54, 1.807) is 22.7 Å². The van der Waals surface area contributed by atoms with Crippen molar-refractivity contribution in [1.82, 2.24) is 14.7 Å². The topological polar surface area (TPSA) is 73.7 Å². The number of hydrogen-bond donors (Lipinski definition) is 0. The van der Waals surface area contributed by atoms with Crippen LogP contribution in [0.15, 0.2) is 12.4 Å². The minimum Gasteiger partial charge on any atom is -0.462 e. The first-order valence-electron chi connectivity index (χ1n) is 8.46. The van der Waals surface area contributed by atoms with Crippen LogP contribution in [0.1, 0.15) is 50.9 Å². The molecular formula is C17H27N3O4. The van der Waals surface area contributed by atoms with Gasteiger partial charge in [0, 0.05) is 25.8 Å². The van der Waals surface area contributed by atoms with Gasteiger partial charge in [0.2, 0.25) is 0 Å². The van der Waals surface area contributed by atoms with Gasteiger partial charge in [-0.3, -0.25) is 4.68 Å². The summed E-state index contributed by atoms with van der Waals surface area (Å²) in [5, 5.41) is 4.23. The molecule has 2 rings (SSSR count). The lowest BCUT2D eigenvalue weighted by Crippen LogP contribution is -2.42. The third-order valence-corrected chi connectivity index (χ3v) is 3.86. The summed E-state index contributed by atoms with van der Waals surface area (Å²) in [6.45, 7) is 9.86. The Hall–Kier alpha value is -2.05. The van der Waals surface area contributed by atoms with Crippen LogP contribution in [0.3, 0.4) is 0 Å². The number of likely N-dealkylation sites (tertiary alicyclic amines) is 1. The van der Waals surface area contributed by atoms with Gasteiger partial charge in [-0.2, -0.15) is 5.10 Å². The molecule has 0 spiro atoms. The zero-order valence-electron chi connectivity index (χ0n) is 14.9. The van der Waals surface area contributed by atoms with Crippen LogP contribution in [-0.4, -0.2) is 52.0 Å². The predicted molar refractivity (Wildman–Crippen MR) is 88.7 cm³/mol. The first kappa shape index (κ1) is 18.3. The van der Waals surface area contributed by atoms with Crippen molar-refractivity contribution in [3.63, 3.8) is 0 Å². The molecule has 1 aromatic heterocycles. The van der Waals surface area contributed by atoms with Crippen molar-refractivity contribution in [2.45, 2.75) is 52.7 Å². The Morgan fingerprint density at radius 1 is 1.29 bits per heavy atom. The standard InChI is InChI=1S/C17H27N3O4/c1-5-23-15(21)14-10-18-20(12-14)11-13-6-8-19(9-7-13)16(22)24-17(2,3)4/h10,12-13H,5-9,11H2,1-4H3. The molecule has 1 aliphatic heterocycles. The maximum absolute atomic E-state index is 12.1. The van der Waals surface area contributed by atoms with Crippen LogP contribution in [0.5, 0.6) is 0 Å². The molecule has 7 heteroatoms. The van der Waals surface area contributed by atoms with Crippen LogP contribution in [0.2, 0.25) is 0 Å². The van der Waals surface area contributed by atoms with Crippen LogP contribution >= 0.6 is 0 Å². The van der Waals surface area contributed by atoms with Gasteiger partial charge in [-0.15, -0.1) is 0 Å². The Balaban J connectivity index is 1.81. The maximum atomic E-state index is 12.1. The van der Waals surface area contributed by atoms with E-state index in [4.69, 9.17) is 9.47 Å². The third-order valence-electron chi connectivity index (χ3n) is 3.86. The Morgan fingerprint density at radius 3 is 2.54 bits per heavy atom. The molecule has 1 amide bonds. The monoisotopic (exact) mass is 337 g/mol. The largest absolute Gasteiger partial charge is 0.462 e.